The van der Waals surface area contributed by atoms with Crippen LogP contribution in [0.15, 0.2) is 60.8 Å². The third kappa shape index (κ3) is 7.80. The summed E-state index contributed by atoms with van der Waals surface area (Å²) in [6.45, 7) is 8.19. The van der Waals surface area contributed by atoms with E-state index in [4.69, 9.17) is 18.9 Å². The number of esters is 2. The number of carbonyl (C=O) groups excluding carboxylic acids is 3. The van der Waals surface area contributed by atoms with Crippen molar-refractivity contribution >= 4 is 17.8 Å². The van der Waals surface area contributed by atoms with E-state index in [9.17, 15) is 14.4 Å². The van der Waals surface area contributed by atoms with Crippen molar-refractivity contribution in [1.82, 2.24) is 10.3 Å². The first-order chi connectivity index (χ1) is 18.6. The summed E-state index contributed by atoms with van der Waals surface area (Å²) in [4.78, 5) is 41.3. The van der Waals surface area contributed by atoms with E-state index in [-0.39, 0.29) is 23.1 Å². The van der Waals surface area contributed by atoms with Gasteiger partial charge in [0.25, 0.3) is 5.91 Å². The van der Waals surface area contributed by atoms with Crippen LogP contribution in [-0.4, -0.2) is 48.9 Å². The Hall–Kier alpha value is -4.40. The number of pyridine rings is 1. The summed E-state index contributed by atoms with van der Waals surface area (Å²) in [5.74, 6) is -1.86. The molecule has 0 saturated heterocycles. The van der Waals surface area contributed by atoms with Gasteiger partial charge in [-0.2, -0.15) is 0 Å². The molecule has 3 rings (SSSR count). The summed E-state index contributed by atoms with van der Waals surface area (Å²) in [6.07, 6.45) is 0.838. The van der Waals surface area contributed by atoms with Crippen LogP contribution in [0.2, 0.25) is 0 Å². The van der Waals surface area contributed by atoms with E-state index in [0.717, 1.165) is 22.3 Å². The SMILES string of the molecule is COc1ccnc(C(=O)N[C@@H](C)C(=O)O[C@@H](C)C(c2ccc(C)cc2)c2ccc(C)cc2)c1OCOC(C)=O. The molecule has 0 unspecified atom stereocenters. The van der Waals surface area contributed by atoms with Crippen LogP contribution in [-0.2, 0) is 19.1 Å². The van der Waals surface area contributed by atoms with E-state index in [0.29, 0.717) is 0 Å². The summed E-state index contributed by atoms with van der Waals surface area (Å²) in [5, 5.41) is 2.61. The predicted octanol–water partition coefficient (Wildman–Crippen LogP) is 4.49. The molecule has 0 fully saturated rings. The maximum Gasteiger partial charge on any atom is 0.328 e. The van der Waals surface area contributed by atoms with Crippen LogP contribution in [0.4, 0.5) is 0 Å². The lowest BCUT2D eigenvalue weighted by molar-refractivity contribution is -0.151. The topological polar surface area (TPSA) is 113 Å². The second-order valence-corrected chi connectivity index (χ2v) is 9.23. The number of ether oxygens (including phenoxy) is 4. The Labute approximate surface area is 228 Å². The molecule has 0 radical (unpaired) electrons. The summed E-state index contributed by atoms with van der Waals surface area (Å²) in [6, 6.07) is 16.7. The highest BCUT2D eigenvalue weighted by atomic mass is 16.7. The molecule has 0 saturated carbocycles. The van der Waals surface area contributed by atoms with Gasteiger partial charge in [-0.3, -0.25) is 9.59 Å². The molecule has 1 N–H and O–H groups in total. The van der Waals surface area contributed by atoms with Crippen LogP contribution in [0.5, 0.6) is 11.5 Å². The Bertz CT molecular complexity index is 1240. The fourth-order valence-corrected chi connectivity index (χ4v) is 4.02. The number of aromatic nitrogens is 1. The summed E-state index contributed by atoms with van der Waals surface area (Å²) in [5.41, 5.74) is 4.15. The number of nitrogens with one attached hydrogen (secondary N) is 1. The minimum absolute atomic E-state index is 0.0218. The molecule has 3 aromatic rings. The first kappa shape index (κ1) is 29.2. The van der Waals surface area contributed by atoms with Crippen LogP contribution in [0.1, 0.15) is 59.4 Å². The highest BCUT2D eigenvalue weighted by Gasteiger charge is 2.29. The van der Waals surface area contributed by atoms with Gasteiger partial charge in [-0.25, -0.2) is 9.78 Å². The zero-order chi connectivity index (χ0) is 28.5. The molecular formula is C30H34N2O7. The van der Waals surface area contributed by atoms with Crippen molar-refractivity contribution in [2.45, 2.75) is 52.7 Å². The molecule has 1 amide bonds. The summed E-state index contributed by atoms with van der Waals surface area (Å²) < 4.78 is 21.3. The third-order valence-corrected chi connectivity index (χ3v) is 6.11. The number of carbonyl (C=O) groups is 3. The second-order valence-electron chi connectivity index (χ2n) is 9.23. The number of rotatable bonds is 11. The molecule has 9 heteroatoms. The molecule has 0 spiro atoms. The van der Waals surface area contributed by atoms with E-state index < -0.39 is 36.8 Å². The van der Waals surface area contributed by atoms with Crippen LogP contribution in [0, 0.1) is 13.8 Å². The minimum Gasteiger partial charge on any atom is -0.493 e. The maximum atomic E-state index is 13.1. The molecule has 9 nitrogen and oxygen atoms in total. The van der Waals surface area contributed by atoms with E-state index >= 15 is 0 Å². The number of amides is 1. The van der Waals surface area contributed by atoms with Crippen molar-refractivity contribution in [3.05, 3.63) is 88.7 Å². The van der Waals surface area contributed by atoms with Gasteiger partial charge in [-0.1, -0.05) is 59.7 Å². The smallest absolute Gasteiger partial charge is 0.328 e. The number of aryl methyl sites for hydroxylation is 2. The second kappa shape index (κ2) is 13.4. The molecule has 0 aliphatic carbocycles. The lowest BCUT2D eigenvalue weighted by Crippen LogP contribution is -2.41. The molecule has 0 aliphatic rings. The Kier molecular flexibility index (Phi) is 10.0. The molecule has 39 heavy (non-hydrogen) atoms. The average molecular weight is 535 g/mol. The Morgan fingerprint density at radius 2 is 1.46 bits per heavy atom. The van der Waals surface area contributed by atoms with Crippen molar-refractivity contribution in [1.29, 1.82) is 0 Å². The van der Waals surface area contributed by atoms with Gasteiger partial charge in [-0.15, -0.1) is 0 Å². The van der Waals surface area contributed by atoms with Crippen molar-refractivity contribution < 1.29 is 33.3 Å². The van der Waals surface area contributed by atoms with Gasteiger partial charge in [0.1, 0.15) is 12.1 Å². The van der Waals surface area contributed by atoms with E-state index in [2.05, 4.69) is 10.3 Å². The standard InChI is InChI=1S/C30H34N2O7/c1-18-7-11-23(12-8-18)26(24-13-9-19(2)10-14-24)21(4)39-30(35)20(3)32-29(34)27-28(38-17-37-22(5)33)25(36-6)15-16-31-27/h7-16,20-21,26H,17H2,1-6H3,(H,32,34)/t20-,21-/m0/s1. The molecule has 0 bridgehead atoms. The minimum atomic E-state index is -0.994. The summed E-state index contributed by atoms with van der Waals surface area (Å²) in [7, 11) is 1.40. The monoisotopic (exact) mass is 534 g/mol. The number of hydrogen-bond donors (Lipinski definition) is 1. The fourth-order valence-electron chi connectivity index (χ4n) is 4.02. The van der Waals surface area contributed by atoms with Crippen molar-refractivity contribution in [3.63, 3.8) is 0 Å². The van der Waals surface area contributed by atoms with Crippen LogP contribution >= 0.6 is 0 Å². The molecule has 2 atom stereocenters. The number of benzene rings is 2. The first-order valence-corrected chi connectivity index (χ1v) is 12.5. The number of nitrogens with zero attached hydrogens (tertiary/aromatic N) is 1. The van der Waals surface area contributed by atoms with Crippen LogP contribution < -0.4 is 14.8 Å². The van der Waals surface area contributed by atoms with Crippen molar-refractivity contribution in [2.75, 3.05) is 13.9 Å². The van der Waals surface area contributed by atoms with Gasteiger partial charge in [0, 0.05) is 25.1 Å². The lowest BCUT2D eigenvalue weighted by atomic mass is 9.86. The van der Waals surface area contributed by atoms with Gasteiger partial charge >= 0.3 is 11.9 Å². The van der Waals surface area contributed by atoms with Crippen molar-refractivity contribution in [2.24, 2.45) is 0 Å². The molecule has 1 heterocycles. The zero-order valence-electron chi connectivity index (χ0n) is 23.0. The maximum absolute atomic E-state index is 13.1. The van der Waals surface area contributed by atoms with Crippen LogP contribution in [0.3, 0.4) is 0 Å². The molecular weight excluding hydrogens is 500 g/mol. The largest absolute Gasteiger partial charge is 0.493 e. The van der Waals surface area contributed by atoms with E-state index in [1.807, 2.05) is 69.3 Å². The summed E-state index contributed by atoms with van der Waals surface area (Å²) >= 11 is 0. The van der Waals surface area contributed by atoms with Crippen molar-refractivity contribution in [3.8, 4) is 11.5 Å². The highest BCUT2D eigenvalue weighted by molar-refractivity contribution is 5.98. The molecule has 1 aromatic heterocycles. The van der Waals surface area contributed by atoms with Crippen LogP contribution in [0.25, 0.3) is 0 Å². The first-order valence-electron chi connectivity index (χ1n) is 12.5. The average Bonchev–Trinajstić information content (AvgIpc) is 2.90. The third-order valence-electron chi connectivity index (χ3n) is 6.11. The molecule has 2 aromatic carbocycles. The number of hydrogen-bond acceptors (Lipinski definition) is 8. The Balaban J connectivity index is 1.75. The lowest BCUT2D eigenvalue weighted by Gasteiger charge is -2.27. The number of methoxy groups -OCH3 is 1. The molecule has 0 aliphatic heterocycles. The van der Waals surface area contributed by atoms with Gasteiger partial charge in [0.15, 0.2) is 17.2 Å². The van der Waals surface area contributed by atoms with Gasteiger partial charge in [0.05, 0.1) is 7.11 Å². The highest BCUT2D eigenvalue weighted by Crippen LogP contribution is 2.31. The van der Waals surface area contributed by atoms with E-state index in [1.54, 1.807) is 0 Å². The quantitative estimate of drug-likeness (QED) is 0.283. The van der Waals surface area contributed by atoms with Gasteiger partial charge < -0.3 is 24.3 Å². The Morgan fingerprint density at radius 1 is 0.897 bits per heavy atom. The van der Waals surface area contributed by atoms with Gasteiger partial charge in [0.2, 0.25) is 6.79 Å². The Morgan fingerprint density at radius 3 is 1.97 bits per heavy atom. The fraction of sp³-hybridized carbons (Fsp3) is 0.333. The van der Waals surface area contributed by atoms with E-state index in [1.165, 1.54) is 33.2 Å². The zero-order valence-corrected chi connectivity index (χ0v) is 23.0. The molecule has 206 valence electrons. The predicted molar refractivity (Wildman–Crippen MR) is 145 cm³/mol. The van der Waals surface area contributed by atoms with Gasteiger partial charge in [-0.05, 0) is 38.8 Å². The normalized spacial score (nSPS) is 12.3.